The van der Waals surface area contributed by atoms with E-state index in [1.165, 1.54) is 5.56 Å². The molecule has 7 nitrogen and oxygen atoms in total. The van der Waals surface area contributed by atoms with Crippen molar-refractivity contribution in [1.82, 2.24) is 14.8 Å². The number of hydrogen-bond donors (Lipinski definition) is 1. The zero-order chi connectivity index (χ0) is 19.5. The lowest BCUT2D eigenvalue weighted by Crippen LogP contribution is -2.13. The average molecular weight is 376 g/mol. The summed E-state index contributed by atoms with van der Waals surface area (Å²) in [5.74, 6) is 1.15. The summed E-state index contributed by atoms with van der Waals surface area (Å²) in [5, 5.41) is 8.06. The standard InChI is InChI=1S/C21H20N4O3/c1-14-17-13-16(27-2)3-4-18(17)28-20(14)21(26)23-19-8-12-25(24-19)11-7-15-5-9-22-10-6-15/h3-6,8-10,12-13H,7,11H2,1-2H3,(H,23,24,26). The van der Waals surface area contributed by atoms with Crippen LogP contribution in [0.4, 0.5) is 5.82 Å². The highest BCUT2D eigenvalue weighted by Crippen LogP contribution is 2.29. The number of benzene rings is 1. The van der Waals surface area contributed by atoms with Crippen molar-refractivity contribution < 1.29 is 13.9 Å². The maximum Gasteiger partial charge on any atom is 0.292 e. The van der Waals surface area contributed by atoms with Gasteiger partial charge in [-0.25, -0.2) is 0 Å². The first-order valence-electron chi connectivity index (χ1n) is 8.95. The number of aromatic nitrogens is 3. The van der Waals surface area contributed by atoms with Gasteiger partial charge in [0.15, 0.2) is 11.6 Å². The van der Waals surface area contributed by atoms with Gasteiger partial charge in [-0.05, 0) is 49.2 Å². The number of methoxy groups -OCH3 is 1. The summed E-state index contributed by atoms with van der Waals surface area (Å²) in [5.41, 5.74) is 2.60. The van der Waals surface area contributed by atoms with Gasteiger partial charge in [-0.2, -0.15) is 5.10 Å². The predicted molar refractivity (Wildman–Crippen MR) is 106 cm³/mol. The molecule has 0 aliphatic heterocycles. The van der Waals surface area contributed by atoms with E-state index in [-0.39, 0.29) is 11.7 Å². The Labute approximate surface area is 161 Å². The molecule has 0 unspecified atom stereocenters. The van der Waals surface area contributed by atoms with Crippen LogP contribution in [0.1, 0.15) is 21.7 Å². The number of anilines is 1. The van der Waals surface area contributed by atoms with Crippen LogP contribution in [0.15, 0.2) is 59.4 Å². The number of aryl methyl sites for hydroxylation is 3. The van der Waals surface area contributed by atoms with Gasteiger partial charge in [-0.15, -0.1) is 0 Å². The van der Waals surface area contributed by atoms with E-state index in [0.29, 0.717) is 17.9 Å². The Kier molecular flexibility index (Phi) is 4.80. The number of nitrogens with one attached hydrogen (secondary N) is 1. The second-order valence-electron chi connectivity index (χ2n) is 6.44. The Hall–Kier alpha value is -3.61. The van der Waals surface area contributed by atoms with Crippen LogP contribution in [0.25, 0.3) is 11.0 Å². The monoisotopic (exact) mass is 376 g/mol. The number of carbonyl (C=O) groups excluding carboxylic acids is 1. The first-order valence-corrected chi connectivity index (χ1v) is 8.95. The van der Waals surface area contributed by atoms with E-state index < -0.39 is 0 Å². The van der Waals surface area contributed by atoms with Crippen molar-refractivity contribution in [3.8, 4) is 5.75 Å². The fraction of sp³-hybridized carbons (Fsp3) is 0.190. The molecule has 1 amide bonds. The molecule has 0 spiro atoms. The third kappa shape index (κ3) is 3.59. The molecule has 142 valence electrons. The quantitative estimate of drug-likeness (QED) is 0.553. The Morgan fingerprint density at radius 1 is 1.21 bits per heavy atom. The van der Waals surface area contributed by atoms with Gasteiger partial charge in [0, 0.05) is 42.2 Å². The maximum absolute atomic E-state index is 12.7. The SMILES string of the molecule is COc1ccc2oc(C(=O)Nc3ccn(CCc4ccncc4)n3)c(C)c2c1. The molecule has 0 saturated heterocycles. The molecule has 0 saturated carbocycles. The molecule has 0 aliphatic rings. The van der Waals surface area contributed by atoms with Gasteiger partial charge < -0.3 is 14.5 Å². The zero-order valence-electron chi connectivity index (χ0n) is 15.7. The molecule has 4 rings (SSSR count). The number of pyridine rings is 1. The Morgan fingerprint density at radius 2 is 2.04 bits per heavy atom. The predicted octanol–water partition coefficient (Wildman–Crippen LogP) is 3.84. The van der Waals surface area contributed by atoms with Crippen LogP contribution in [0.3, 0.4) is 0 Å². The Morgan fingerprint density at radius 3 is 2.82 bits per heavy atom. The molecule has 3 heterocycles. The first-order chi connectivity index (χ1) is 13.6. The van der Waals surface area contributed by atoms with Gasteiger partial charge in [0.05, 0.1) is 7.11 Å². The molecule has 3 aromatic heterocycles. The van der Waals surface area contributed by atoms with Crippen molar-refractivity contribution in [2.24, 2.45) is 0 Å². The molecule has 0 radical (unpaired) electrons. The van der Waals surface area contributed by atoms with E-state index in [9.17, 15) is 4.79 Å². The van der Waals surface area contributed by atoms with E-state index in [4.69, 9.17) is 9.15 Å². The number of hydrogen-bond acceptors (Lipinski definition) is 5. The van der Waals surface area contributed by atoms with Crippen molar-refractivity contribution >= 4 is 22.7 Å². The van der Waals surface area contributed by atoms with Gasteiger partial charge >= 0.3 is 0 Å². The highest BCUT2D eigenvalue weighted by Gasteiger charge is 2.19. The van der Waals surface area contributed by atoms with Gasteiger partial charge in [-0.1, -0.05) is 0 Å². The maximum atomic E-state index is 12.7. The van der Waals surface area contributed by atoms with Gasteiger partial charge in [-0.3, -0.25) is 14.5 Å². The van der Waals surface area contributed by atoms with Crippen molar-refractivity contribution in [2.45, 2.75) is 19.9 Å². The molecule has 1 aromatic carbocycles. The largest absolute Gasteiger partial charge is 0.497 e. The normalized spacial score (nSPS) is 10.9. The van der Waals surface area contributed by atoms with E-state index in [2.05, 4.69) is 15.4 Å². The van der Waals surface area contributed by atoms with Crippen LogP contribution in [-0.4, -0.2) is 27.8 Å². The van der Waals surface area contributed by atoms with E-state index >= 15 is 0 Å². The average Bonchev–Trinajstić information content (AvgIpc) is 3.31. The molecule has 1 N–H and O–H groups in total. The summed E-state index contributed by atoms with van der Waals surface area (Å²) in [6, 6.07) is 11.2. The minimum atomic E-state index is -0.327. The van der Waals surface area contributed by atoms with Crippen molar-refractivity contribution in [1.29, 1.82) is 0 Å². The minimum Gasteiger partial charge on any atom is -0.497 e. The van der Waals surface area contributed by atoms with Gasteiger partial charge in [0.1, 0.15) is 11.3 Å². The summed E-state index contributed by atoms with van der Waals surface area (Å²) in [6.07, 6.45) is 6.22. The smallest absolute Gasteiger partial charge is 0.292 e. The van der Waals surface area contributed by atoms with Gasteiger partial charge in [0.2, 0.25) is 0 Å². The summed E-state index contributed by atoms with van der Waals surface area (Å²) in [6.45, 7) is 2.57. The minimum absolute atomic E-state index is 0.273. The molecule has 0 atom stereocenters. The third-order valence-electron chi connectivity index (χ3n) is 4.61. The summed E-state index contributed by atoms with van der Waals surface area (Å²) >= 11 is 0. The lowest BCUT2D eigenvalue weighted by atomic mass is 10.1. The number of fused-ring (bicyclic) bond motifs is 1. The van der Waals surface area contributed by atoms with Crippen LogP contribution in [0, 0.1) is 6.92 Å². The number of furan rings is 1. The lowest BCUT2D eigenvalue weighted by Gasteiger charge is -2.02. The third-order valence-corrected chi connectivity index (χ3v) is 4.61. The number of carbonyl (C=O) groups is 1. The molecule has 28 heavy (non-hydrogen) atoms. The number of ether oxygens (including phenoxy) is 1. The van der Waals surface area contributed by atoms with Crippen LogP contribution in [-0.2, 0) is 13.0 Å². The van der Waals surface area contributed by atoms with Crippen molar-refractivity contribution in [2.75, 3.05) is 12.4 Å². The first kappa shape index (κ1) is 17.8. The zero-order valence-corrected chi connectivity index (χ0v) is 15.7. The molecule has 4 aromatic rings. The fourth-order valence-corrected chi connectivity index (χ4v) is 3.06. The topological polar surface area (TPSA) is 82.2 Å². The summed E-state index contributed by atoms with van der Waals surface area (Å²) < 4.78 is 12.8. The summed E-state index contributed by atoms with van der Waals surface area (Å²) in [7, 11) is 1.61. The molecule has 0 bridgehead atoms. The number of amides is 1. The molecule has 0 aliphatic carbocycles. The van der Waals surface area contributed by atoms with Gasteiger partial charge in [0.25, 0.3) is 5.91 Å². The molecule has 0 fully saturated rings. The highest BCUT2D eigenvalue weighted by molar-refractivity contribution is 6.06. The lowest BCUT2D eigenvalue weighted by molar-refractivity contribution is 0.0997. The Balaban J connectivity index is 1.46. The van der Waals surface area contributed by atoms with Crippen LogP contribution in [0.2, 0.25) is 0 Å². The van der Waals surface area contributed by atoms with E-state index in [0.717, 1.165) is 23.1 Å². The molecular weight excluding hydrogens is 356 g/mol. The summed E-state index contributed by atoms with van der Waals surface area (Å²) in [4.78, 5) is 16.7. The van der Waals surface area contributed by atoms with E-state index in [1.54, 1.807) is 42.4 Å². The second-order valence-corrected chi connectivity index (χ2v) is 6.44. The Bertz CT molecular complexity index is 1120. The highest BCUT2D eigenvalue weighted by atomic mass is 16.5. The van der Waals surface area contributed by atoms with Crippen LogP contribution in [0.5, 0.6) is 5.75 Å². The van der Waals surface area contributed by atoms with Crippen LogP contribution >= 0.6 is 0 Å². The molecular formula is C21H20N4O3. The van der Waals surface area contributed by atoms with Crippen LogP contribution < -0.4 is 10.1 Å². The number of nitrogens with zero attached hydrogens (tertiary/aromatic N) is 3. The van der Waals surface area contributed by atoms with E-state index in [1.807, 2.05) is 31.3 Å². The second kappa shape index (κ2) is 7.56. The van der Waals surface area contributed by atoms with Crippen molar-refractivity contribution in [3.63, 3.8) is 0 Å². The fourth-order valence-electron chi connectivity index (χ4n) is 3.06. The molecule has 7 heteroatoms. The van der Waals surface area contributed by atoms with Crippen molar-refractivity contribution in [3.05, 3.63) is 71.9 Å². The number of rotatable bonds is 6.